The van der Waals surface area contributed by atoms with Crippen molar-refractivity contribution in [1.29, 1.82) is 0 Å². The Bertz CT molecular complexity index is 1120. The van der Waals surface area contributed by atoms with E-state index in [-0.39, 0.29) is 28.1 Å². The zero-order valence-electron chi connectivity index (χ0n) is 18.4. The van der Waals surface area contributed by atoms with Gasteiger partial charge >= 0.3 is 0 Å². The molecule has 1 fully saturated rings. The normalized spacial score (nSPS) is 16.3. The molecule has 174 valence electrons. The van der Waals surface area contributed by atoms with E-state index in [1.807, 2.05) is 4.90 Å². The van der Waals surface area contributed by atoms with Crippen molar-refractivity contribution in [2.45, 2.75) is 32.7 Å². The molecule has 3 rings (SSSR count). The number of hydrogen-bond acceptors (Lipinski definition) is 7. The molecule has 0 saturated carbocycles. The Morgan fingerprint density at radius 2 is 2.09 bits per heavy atom. The second kappa shape index (κ2) is 10.3. The Balaban J connectivity index is 1.76. The molecule has 33 heavy (non-hydrogen) atoms. The highest BCUT2D eigenvalue weighted by atomic mass is 32.1. The number of carbonyl (C=O) groups excluding carboxylic acids is 2. The molecule has 0 spiro atoms. The Hall–Kier alpha value is -3.60. The van der Waals surface area contributed by atoms with Gasteiger partial charge in [-0.1, -0.05) is 18.3 Å². The van der Waals surface area contributed by atoms with Crippen LogP contribution in [0.5, 0.6) is 0 Å². The van der Waals surface area contributed by atoms with Crippen LogP contribution in [0.15, 0.2) is 36.2 Å². The summed E-state index contributed by atoms with van der Waals surface area (Å²) in [6.07, 6.45) is 4.47. The molecule has 0 radical (unpaired) electrons. The summed E-state index contributed by atoms with van der Waals surface area (Å²) in [7, 11) is 0. The quantitative estimate of drug-likeness (QED) is 0.371. The number of anilines is 2. The molecule has 0 aliphatic carbocycles. The van der Waals surface area contributed by atoms with Crippen LogP contribution >= 0.6 is 12.2 Å². The van der Waals surface area contributed by atoms with E-state index in [0.717, 1.165) is 18.4 Å². The molecule has 1 aliphatic rings. The fourth-order valence-electron chi connectivity index (χ4n) is 3.53. The number of allylic oxidation sites excluding steroid dienone is 1. The third-order valence-corrected chi connectivity index (χ3v) is 5.26. The first kappa shape index (κ1) is 24.1. The van der Waals surface area contributed by atoms with Gasteiger partial charge in [0, 0.05) is 24.8 Å². The van der Waals surface area contributed by atoms with Gasteiger partial charge in [0.15, 0.2) is 11.5 Å². The maximum absolute atomic E-state index is 14.2. The summed E-state index contributed by atoms with van der Waals surface area (Å²) in [5.74, 6) is -1.17. The molecule has 2 aromatic rings. The molecule has 2 heterocycles. The van der Waals surface area contributed by atoms with Crippen LogP contribution in [0.3, 0.4) is 0 Å². The van der Waals surface area contributed by atoms with Gasteiger partial charge in [0.05, 0.1) is 11.8 Å². The summed E-state index contributed by atoms with van der Waals surface area (Å²) < 4.78 is 14.2. The minimum Gasteiger partial charge on any atom is -0.402 e. The fraction of sp³-hybridized carbons (Fsp3) is 0.318. The van der Waals surface area contributed by atoms with Crippen LogP contribution in [-0.4, -0.2) is 45.9 Å². The summed E-state index contributed by atoms with van der Waals surface area (Å²) in [5.41, 5.74) is 12.2. The van der Waals surface area contributed by atoms with E-state index >= 15 is 0 Å². The number of benzene rings is 1. The number of hydrogen-bond donors (Lipinski definition) is 4. The van der Waals surface area contributed by atoms with Gasteiger partial charge in [0.2, 0.25) is 0 Å². The molecule has 0 bridgehead atoms. The molecule has 6 N–H and O–H groups in total. The molecule has 1 aromatic carbocycles. The molecule has 2 amide bonds. The van der Waals surface area contributed by atoms with Gasteiger partial charge in [-0.3, -0.25) is 9.59 Å². The number of aromatic nitrogens is 2. The number of thiocarbonyl (C=S) groups is 1. The van der Waals surface area contributed by atoms with Crippen molar-refractivity contribution in [1.82, 2.24) is 15.3 Å². The van der Waals surface area contributed by atoms with Gasteiger partial charge in [-0.15, -0.1) is 0 Å². The summed E-state index contributed by atoms with van der Waals surface area (Å²) in [5, 5.41) is 5.73. The first-order chi connectivity index (χ1) is 15.6. The molecule has 1 aromatic heterocycles. The van der Waals surface area contributed by atoms with E-state index in [2.05, 4.69) is 20.6 Å². The third kappa shape index (κ3) is 6.22. The largest absolute Gasteiger partial charge is 0.402 e. The van der Waals surface area contributed by atoms with E-state index in [4.69, 9.17) is 23.7 Å². The number of amides is 2. The number of nitrogens with one attached hydrogen (secondary N) is 2. The van der Waals surface area contributed by atoms with Crippen molar-refractivity contribution in [3.8, 4) is 0 Å². The van der Waals surface area contributed by atoms with Crippen LogP contribution in [0.25, 0.3) is 0 Å². The Labute approximate surface area is 196 Å². The molecular weight excluding hydrogens is 445 g/mol. The van der Waals surface area contributed by atoms with Crippen LogP contribution in [-0.2, 0) is 0 Å². The van der Waals surface area contributed by atoms with E-state index in [9.17, 15) is 14.0 Å². The summed E-state index contributed by atoms with van der Waals surface area (Å²) >= 11 is 5.21. The van der Waals surface area contributed by atoms with Gasteiger partial charge in [-0.25, -0.2) is 14.4 Å². The number of rotatable bonds is 6. The van der Waals surface area contributed by atoms with Crippen molar-refractivity contribution in [2.75, 3.05) is 23.3 Å². The molecule has 1 aliphatic heterocycles. The monoisotopic (exact) mass is 471 g/mol. The first-order valence-electron chi connectivity index (χ1n) is 10.4. The maximum atomic E-state index is 14.2. The molecule has 0 unspecified atom stereocenters. The summed E-state index contributed by atoms with van der Waals surface area (Å²) in [4.78, 5) is 35.2. The first-order valence-corrected chi connectivity index (χ1v) is 10.8. The predicted molar refractivity (Wildman–Crippen MR) is 129 cm³/mol. The minimum absolute atomic E-state index is 0.00609. The van der Waals surface area contributed by atoms with Crippen LogP contribution < -0.4 is 27.0 Å². The number of piperidine rings is 1. The zero-order valence-corrected chi connectivity index (χ0v) is 19.2. The fourth-order valence-corrected chi connectivity index (χ4v) is 3.81. The second-order valence-electron chi connectivity index (χ2n) is 7.91. The van der Waals surface area contributed by atoms with Gasteiger partial charge in [-0.05, 0) is 50.5 Å². The molecule has 1 saturated heterocycles. The SMILES string of the molecule is CC(N)=CC(=S)Nc1nc(N2CCC[C@@H](NC(=O)c3ccc(C)cc3F)C2)cnc1C(N)=O. The lowest BCUT2D eigenvalue weighted by Crippen LogP contribution is -2.48. The van der Waals surface area contributed by atoms with Crippen molar-refractivity contribution >= 4 is 40.7 Å². The molecule has 9 nitrogen and oxygen atoms in total. The standard InChI is InChI=1S/C22H26FN7O2S/c1-12-5-6-15(16(23)8-12)22(32)27-14-4-3-7-30(11-14)17-10-26-19(20(25)31)21(28-17)29-18(33)9-13(2)24/h5-6,8-10,14H,3-4,7,11,24H2,1-2H3,(H2,25,31)(H,27,32)(H,28,29,33)/t14-/m1/s1. The number of nitrogens with two attached hydrogens (primary N) is 2. The van der Waals surface area contributed by atoms with Crippen molar-refractivity contribution in [2.24, 2.45) is 11.5 Å². The zero-order chi connectivity index (χ0) is 24.1. The van der Waals surface area contributed by atoms with E-state index in [1.54, 1.807) is 19.9 Å². The Morgan fingerprint density at radius 1 is 1.33 bits per heavy atom. The third-order valence-electron chi connectivity index (χ3n) is 5.04. The average Bonchev–Trinajstić information content (AvgIpc) is 2.73. The summed E-state index contributed by atoms with van der Waals surface area (Å²) in [6, 6.07) is 4.29. The van der Waals surface area contributed by atoms with Gasteiger partial charge < -0.3 is 27.0 Å². The minimum atomic E-state index is -0.753. The summed E-state index contributed by atoms with van der Waals surface area (Å²) in [6.45, 7) is 4.55. The van der Waals surface area contributed by atoms with E-state index in [1.165, 1.54) is 24.4 Å². The van der Waals surface area contributed by atoms with Gasteiger partial charge in [0.25, 0.3) is 11.8 Å². The number of carbonyl (C=O) groups is 2. The molecule has 11 heteroatoms. The molecular formula is C22H26FN7O2S. The Kier molecular flexibility index (Phi) is 7.54. The van der Waals surface area contributed by atoms with Crippen molar-refractivity contribution in [3.05, 3.63) is 58.8 Å². The second-order valence-corrected chi connectivity index (χ2v) is 8.35. The smallest absolute Gasteiger partial charge is 0.271 e. The highest BCUT2D eigenvalue weighted by Gasteiger charge is 2.25. The van der Waals surface area contributed by atoms with Crippen LogP contribution in [0, 0.1) is 12.7 Å². The van der Waals surface area contributed by atoms with Crippen molar-refractivity contribution in [3.63, 3.8) is 0 Å². The van der Waals surface area contributed by atoms with Crippen LogP contribution in [0.4, 0.5) is 16.0 Å². The lowest BCUT2D eigenvalue weighted by molar-refractivity contribution is 0.0927. The van der Waals surface area contributed by atoms with E-state index < -0.39 is 17.6 Å². The average molecular weight is 472 g/mol. The van der Waals surface area contributed by atoms with Crippen LogP contribution in [0.2, 0.25) is 0 Å². The predicted octanol–water partition coefficient (Wildman–Crippen LogP) is 2.02. The van der Waals surface area contributed by atoms with Crippen molar-refractivity contribution < 1.29 is 14.0 Å². The van der Waals surface area contributed by atoms with Crippen LogP contribution in [0.1, 0.15) is 46.2 Å². The Morgan fingerprint density at radius 3 is 2.76 bits per heavy atom. The maximum Gasteiger partial charge on any atom is 0.271 e. The highest BCUT2D eigenvalue weighted by molar-refractivity contribution is 7.81. The lowest BCUT2D eigenvalue weighted by atomic mass is 10.0. The number of halogens is 1. The van der Waals surface area contributed by atoms with Gasteiger partial charge in [0.1, 0.15) is 16.6 Å². The lowest BCUT2D eigenvalue weighted by Gasteiger charge is -2.34. The molecule has 1 atom stereocenters. The number of aryl methyl sites for hydroxylation is 1. The topological polar surface area (TPSA) is 139 Å². The van der Waals surface area contributed by atoms with Gasteiger partial charge in [-0.2, -0.15) is 0 Å². The highest BCUT2D eigenvalue weighted by Crippen LogP contribution is 2.21. The number of nitrogens with zero attached hydrogens (tertiary/aromatic N) is 3. The van der Waals surface area contributed by atoms with E-state index in [0.29, 0.717) is 24.6 Å². The number of primary amides is 1.